The van der Waals surface area contributed by atoms with Crippen LogP contribution in [0.2, 0.25) is 0 Å². The minimum Gasteiger partial charge on any atom is -0.374 e. The maximum atomic E-state index is 13.6. The molecule has 0 spiro atoms. The number of benzene rings is 1. The second-order valence-electron chi connectivity index (χ2n) is 33.1. The third kappa shape index (κ3) is 26.1. The minimum absolute atomic E-state index is 0.0858. The van der Waals surface area contributed by atoms with Crippen molar-refractivity contribution in [3.05, 3.63) is 118 Å². The van der Waals surface area contributed by atoms with Gasteiger partial charge in [0, 0.05) is 131 Å². The quantitative estimate of drug-likeness (QED) is 0.0210. The van der Waals surface area contributed by atoms with Crippen molar-refractivity contribution < 1.29 is 102 Å². The van der Waals surface area contributed by atoms with E-state index in [4.69, 9.17) is 95.5 Å². The Morgan fingerprint density at radius 2 is 1.18 bits per heavy atom. The molecule has 712 valence electrons. The van der Waals surface area contributed by atoms with Gasteiger partial charge in [0.05, 0.1) is 80.9 Å². The highest BCUT2D eigenvalue weighted by Gasteiger charge is 2.66. The second-order valence-corrected chi connectivity index (χ2v) is 45.0. The van der Waals surface area contributed by atoms with Gasteiger partial charge in [0.15, 0.2) is 35.7 Å². The molecule has 7 heterocycles. The lowest BCUT2D eigenvalue weighted by atomic mass is 10.1. The van der Waals surface area contributed by atoms with Crippen molar-refractivity contribution in [1.82, 2.24) is 53.3 Å². The Labute approximate surface area is 755 Å². The van der Waals surface area contributed by atoms with Crippen molar-refractivity contribution in [1.29, 1.82) is 10.5 Å². The molecule has 128 heavy (non-hydrogen) atoms. The molecule has 6 fully saturated rings. The van der Waals surface area contributed by atoms with Crippen LogP contribution in [-0.4, -0.2) is 268 Å². The molecule has 3 saturated heterocycles. The molecule has 4 aliphatic heterocycles. The van der Waals surface area contributed by atoms with E-state index in [0.29, 0.717) is 61.4 Å². The normalized spacial score (nSPS) is 27.4. The van der Waals surface area contributed by atoms with Crippen LogP contribution in [0.3, 0.4) is 0 Å². The number of anilines is 1. The largest absolute Gasteiger partial charge is 0.374 e. The number of fused-ring (bicyclic) bond motifs is 1. The molecule has 45 heteroatoms. The Morgan fingerprint density at radius 1 is 0.656 bits per heavy atom. The fourth-order valence-electron chi connectivity index (χ4n) is 16.8. The third-order valence-electron chi connectivity index (χ3n) is 22.3. The number of ether oxygens (including phenoxy) is 7. The van der Waals surface area contributed by atoms with Crippen LogP contribution < -0.4 is 21.9 Å². The Kier molecular flexibility index (Phi) is 40.6. The molecule has 0 bridgehead atoms. The number of hydrogen-bond donors (Lipinski definition) is 3. The van der Waals surface area contributed by atoms with Crippen LogP contribution in [0.15, 0.2) is 89.5 Å². The molecular formula is C83H131N15O24P6. The summed E-state index contributed by atoms with van der Waals surface area (Å²) < 4.78 is 155. The van der Waals surface area contributed by atoms with Crippen LogP contribution in [0.25, 0.3) is 16.0 Å². The molecule has 0 radical (unpaired) electrons. The van der Waals surface area contributed by atoms with Gasteiger partial charge in [-0.05, 0) is 142 Å². The molecule has 11 rings (SSSR count). The lowest BCUT2D eigenvalue weighted by Crippen LogP contribution is -2.47. The van der Waals surface area contributed by atoms with Crippen LogP contribution in [0.5, 0.6) is 0 Å². The number of hydrogen-bond acceptors (Lipinski definition) is 33. The Balaban J connectivity index is 0.000000218. The summed E-state index contributed by atoms with van der Waals surface area (Å²) in [7, 11) is -8.49. The van der Waals surface area contributed by atoms with Crippen molar-refractivity contribution in [2.24, 2.45) is 17.8 Å². The number of carbonyl (C=O) groups is 2. The fraction of sp³-hybridized carbons (Fsp3) is 0.711. The number of amides is 2. The number of carbonyl (C=O) groups excluding carboxylic acids is 2. The molecule has 7 aliphatic rings. The number of methoxy groups -OCH3 is 2. The minimum atomic E-state index is -3.39. The van der Waals surface area contributed by atoms with Gasteiger partial charge >= 0.3 is 20.9 Å². The van der Waals surface area contributed by atoms with Crippen LogP contribution in [0.4, 0.5) is 5.82 Å². The van der Waals surface area contributed by atoms with E-state index in [-0.39, 0.29) is 135 Å². The standard InChI is InChI=1S/C32H45N7O7P2.C26H44N4O8P2.C25H42N4O9P2/c1-9-44-48(8,41)24-17-23(24)26-27(46-47(43-16-15-33-6)39(20(2)3)21(4)5)28(42-7)32(45-26)38-19-36-25-29(34-18-35-30(25)38)37-31(40)22-13-11-10-12-14-22;1-9-35-40(32,36-10-2)21-16-20(21)23-24(38-39(34-15-11-13-27)30(17(3)4)18(5)6)25(33-8)26(37-23)29-14-12-22(31)28-19(29)7;1-8-12-36-23-22(38-39(15-35-13-10-26)29(16(2)3)17(4)5)21(18-14-19(18)40(32,33-6)34-7)37-24(23)28-11-9-20(30)27-25(28)31/h10-14,18-21,23-24,26-28,32H,9,15-17H2,1-5,7-8H3,(H,34,35,37,40);12,14,17-18,20-21,23-26H,7,9-11,15-16H2,1-6,8H3,(H,28,31);9,11,16-19,21-24H,8,12-15H2,1-7H3,(H,27,30,31)/t23?,24?,26-,27?,28+,32-,47?,48?;20?,21?,23-,24+,25?,26-,39?;18?,19?,21-,22+,23?,24-,39?/m111/s1. The van der Waals surface area contributed by atoms with Gasteiger partial charge in [0.1, 0.15) is 76.6 Å². The molecule has 22 atom stereocenters. The summed E-state index contributed by atoms with van der Waals surface area (Å²) in [6, 6.07) is 14.8. The summed E-state index contributed by atoms with van der Waals surface area (Å²) in [4.78, 5) is 70.3. The van der Waals surface area contributed by atoms with Crippen molar-refractivity contribution >= 4 is 76.7 Å². The summed E-state index contributed by atoms with van der Waals surface area (Å²) in [6.07, 6.45) is 2.18. The first-order chi connectivity index (χ1) is 61.1. The number of aromatic amines is 1. The predicted octanol–water partition coefficient (Wildman–Crippen LogP) is 13.9. The number of H-pyrrole nitrogens is 1. The Morgan fingerprint density at radius 3 is 1.69 bits per heavy atom. The highest BCUT2D eigenvalue weighted by Crippen LogP contribution is 2.70. The molecule has 39 nitrogen and oxygen atoms in total. The van der Waals surface area contributed by atoms with Crippen molar-refractivity contribution in [2.45, 2.75) is 270 Å². The average molecular weight is 1910 g/mol. The van der Waals surface area contributed by atoms with E-state index in [0.717, 1.165) is 0 Å². The van der Waals surface area contributed by atoms with Crippen molar-refractivity contribution in [2.75, 3.05) is 99.6 Å². The predicted molar refractivity (Wildman–Crippen MR) is 482 cm³/mol. The SMILES string of the molecule is C=C1NC(=O)C=CN1[C@@H]1O[C@H](C2CC2P(=O)(OCC)OCC)[C@H](OP(OCCC#N)N(C(C)C)C(C)C)C1OC.CCCOC1[C@@H](OP(COCC#N)N(C(C)C)C(C)C)[C@@H](C2CC2P(=O)(OC)OC)O[C@H]1n1ccc(=O)[nH]c1=O.[C-]#[N+]CCOP(OC1[C@@H](C2CC2P(C)(=O)OCC)O[C@@H](n2cnc3c(NC(=O)c4ccccc4)ncnc32)[C@H]1OC)N(C(C)C)C(C)C. The first-order valence-electron chi connectivity index (χ1n) is 43.5. The number of aromatic nitrogens is 6. The lowest BCUT2D eigenvalue weighted by molar-refractivity contribution is -0.118. The van der Waals surface area contributed by atoms with Gasteiger partial charge < -0.3 is 98.8 Å². The maximum absolute atomic E-state index is 13.6. The van der Waals surface area contributed by atoms with E-state index < -0.39 is 138 Å². The first-order valence-corrected chi connectivity index (χ1v) is 52.5. The zero-order valence-corrected chi connectivity index (χ0v) is 82.5. The highest BCUT2D eigenvalue weighted by molar-refractivity contribution is 7.59. The number of nitriles is 2. The number of imidazole rings is 1. The highest BCUT2D eigenvalue weighted by atomic mass is 31.2. The molecule has 13 unspecified atom stereocenters. The number of nitrogens with zero attached hydrogens (tertiary/aromatic N) is 12. The molecule has 3 saturated carbocycles. The van der Waals surface area contributed by atoms with Gasteiger partial charge in [-0.2, -0.15) is 10.5 Å². The van der Waals surface area contributed by atoms with E-state index in [1.54, 1.807) is 81.0 Å². The fourth-order valence-corrected chi connectivity index (χ4v) is 28.8. The third-order valence-corrected chi connectivity index (χ3v) is 36.5. The summed E-state index contributed by atoms with van der Waals surface area (Å²) in [5, 5.41) is 23.7. The van der Waals surface area contributed by atoms with E-state index in [2.05, 4.69) is 145 Å². The zero-order valence-electron chi connectivity index (χ0n) is 77.2. The first kappa shape index (κ1) is 106. The monoisotopic (exact) mass is 1910 g/mol. The molecule has 1 aromatic carbocycles. The summed E-state index contributed by atoms with van der Waals surface area (Å²) >= 11 is 0. The molecule has 3 aromatic heterocycles. The topological polar surface area (TPSA) is 430 Å². The Hall–Kier alpha value is -5.68. The molecular weight excluding hydrogens is 1780 g/mol. The average Bonchev–Trinajstić information content (AvgIpc) is 1.58. The van der Waals surface area contributed by atoms with E-state index in [1.165, 1.54) is 43.5 Å². The maximum Gasteiger partial charge on any atom is 0.334 e. The number of nitrogens with one attached hydrogen (secondary N) is 3. The lowest BCUT2D eigenvalue weighted by Gasteiger charge is -2.39. The van der Waals surface area contributed by atoms with Gasteiger partial charge in [-0.3, -0.25) is 46.9 Å². The van der Waals surface area contributed by atoms with E-state index in [1.807, 2.05) is 26.0 Å². The zero-order chi connectivity index (χ0) is 93.8. The van der Waals surface area contributed by atoms with Gasteiger partial charge in [-0.15, -0.1) is 0 Å². The van der Waals surface area contributed by atoms with Gasteiger partial charge in [-0.1, -0.05) is 31.7 Å². The Bertz CT molecular complexity index is 4670. The van der Waals surface area contributed by atoms with Crippen molar-refractivity contribution in [3.8, 4) is 12.1 Å². The van der Waals surface area contributed by atoms with Crippen LogP contribution in [-0.2, 0) is 96.9 Å². The molecule has 4 aromatic rings. The molecule has 2 amide bonds. The van der Waals surface area contributed by atoms with Gasteiger partial charge in [0.2, 0.25) is 13.9 Å². The molecule has 3 N–H and O–H groups in total. The smallest absolute Gasteiger partial charge is 0.334 e. The summed E-state index contributed by atoms with van der Waals surface area (Å²) in [6.45, 7) is 46.9. The summed E-state index contributed by atoms with van der Waals surface area (Å²) in [5.74, 6) is -0.554. The van der Waals surface area contributed by atoms with Crippen LogP contribution in [0.1, 0.15) is 166 Å². The van der Waals surface area contributed by atoms with Crippen LogP contribution >= 0.6 is 47.9 Å². The number of rotatable bonds is 48. The van der Waals surface area contributed by atoms with Crippen LogP contribution in [0, 0.1) is 47.0 Å². The second kappa shape index (κ2) is 49.0. The van der Waals surface area contributed by atoms with Gasteiger partial charge in [-0.25, -0.2) is 35.7 Å². The van der Waals surface area contributed by atoms with Gasteiger partial charge in [0.25, 0.3) is 34.4 Å². The summed E-state index contributed by atoms with van der Waals surface area (Å²) in [5.41, 5.74) is -0.816. The molecule has 3 aliphatic carbocycles. The van der Waals surface area contributed by atoms with E-state index >= 15 is 0 Å². The van der Waals surface area contributed by atoms with E-state index in [9.17, 15) is 32.9 Å². The van der Waals surface area contributed by atoms with Crippen molar-refractivity contribution in [3.63, 3.8) is 0 Å².